The number of allylic oxidation sites excluding steroid dienone is 4. The van der Waals surface area contributed by atoms with E-state index in [0.717, 1.165) is 0 Å². The summed E-state index contributed by atoms with van der Waals surface area (Å²) >= 11 is 1.63. The second kappa shape index (κ2) is 2.62. The van der Waals surface area contributed by atoms with E-state index >= 15 is 0 Å². The molecular weight excluding hydrogens is 163 g/mol. The zero-order valence-corrected chi connectivity index (χ0v) is 6.60. The number of hydrogen-bond acceptors (Lipinski definition) is 0. The van der Waals surface area contributed by atoms with Crippen LogP contribution in [0.25, 0.3) is 0 Å². The van der Waals surface area contributed by atoms with E-state index in [1.165, 1.54) is 10.5 Å². The predicted molar refractivity (Wildman–Crippen MR) is 30.0 cm³/mol. The molecule has 0 atom stereocenters. The van der Waals surface area contributed by atoms with E-state index in [4.69, 9.17) is 0 Å². The van der Waals surface area contributed by atoms with Crippen LogP contribution in [0.15, 0.2) is 23.8 Å². The summed E-state index contributed by atoms with van der Waals surface area (Å²) in [6, 6.07) is 0. The van der Waals surface area contributed by atoms with Gasteiger partial charge in [0, 0.05) is 0 Å². The second-order valence-electron chi connectivity index (χ2n) is 1.63. The molecule has 0 aromatic heterocycles. The van der Waals surface area contributed by atoms with Gasteiger partial charge >= 0.3 is 59.1 Å². The van der Waals surface area contributed by atoms with Crippen molar-refractivity contribution in [2.24, 2.45) is 0 Å². The molecule has 0 spiro atoms. The number of hydrogen-bond donors (Lipinski definition) is 0. The SMILES string of the molecule is [H-].[H-].[H-].[Zr+3][CH2]C1=CC=CC1. The summed E-state index contributed by atoms with van der Waals surface area (Å²) < 4.78 is 1.31. The molecule has 0 N–H and O–H groups in total. The quantitative estimate of drug-likeness (QED) is 0.570. The molecule has 0 heterocycles. The molecule has 0 aromatic rings. The van der Waals surface area contributed by atoms with E-state index in [9.17, 15) is 0 Å². The van der Waals surface area contributed by atoms with Crippen molar-refractivity contribution < 1.29 is 29.0 Å². The van der Waals surface area contributed by atoms with Gasteiger partial charge in [0.15, 0.2) is 0 Å². The Hall–Kier alpha value is 0.363. The summed E-state index contributed by atoms with van der Waals surface area (Å²) in [5, 5.41) is 0. The van der Waals surface area contributed by atoms with Crippen LogP contribution in [0.5, 0.6) is 0 Å². The molecule has 0 saturated heterocycles. The van der Waals surface area contributed by atoms with E-state index in [2.05, 4.69) is 18.2 Å². The van der Waals surface area contributed by atoms with Crippen molar-refractivity contribution in [2.75, 3.05) is 0 Å². The Balaban J connectivity index is -0.000000163. The summed E-state index contributed by atoms with van der Waals surface area (Å²) in [4.78, 5) is 0. The molecule has 1 heteroatoms. The van der Waals surface area contributed by atoms with Crippen molar-refractivity contribution >= 4 is 0 Å². The standard InChI is InChI=1S/C6H7.Zr.3H/c1-6-4-2-3-5-6;;;;/h2-4H,1,5H2;;;;/q;+3;3*-1. The summed E-state index contributed by atoms with van der Waals surface area (Å²) in [5.41, 5.74) is 1.60. The van der Waals surface area contributed by atoms with Crippen LogP contribution >= 0.6 is 0 Å². The third-order valence-electron chi connectivity index (χ3n) is 1.08. The van der Waals surface area contributed by atoms with Gasteiger partial charge in [-0.25, -0.2) is 0 Å². The summed E-state index contributed by atoms with van der Waals surface area (Å²) in [6.07, 6.45) is 7.78. The van der Waals surface area contributed by atoms with Gasteiger partial charge in [-0.15, -0.1) is 0 Å². The van der Waals surface area contributed by atoms with E-state index in [-0.39, 0.29) is 4.28 Å². The molecule has 0 amide bonds. The summed E-state index contributed by atoms with van der Waals surface area (Å²) in [5.74, 6) is 0. The maximum atomic E-state index is 2.22. The molecule has 0 aromatic carbocycles. The van der Waals surface area contributed by atoms with Crippen LogP contribution in [0, 0.1) is 0 Å². The van der Waals surface area contributed by atoms with Crippen LogP contribution in [0.4, 0.5) is 0 Å². The first-order valence-corrected chi connectivity index (χ1v) is 4.16. The van der Waals surface area contributed by atoms with Crippen LogP contribution in [0.2, 0.25) is 4.13 Å². The van der Waals surface area contributed by atoms with Gasteiger partial charge in [0.05, 0.1) is 0 Å². The Kier molecular flexibility index (Phi) is 2.06. The van der Waals surface area contributed by atoms with Crippen LogP contribution < -0.4 is 0 Å². The Morgan fingerprint density at radius 1 is 1.86 bits per heavy atom. The van der Waals surface area contributed by atoms with Crippen LogP contribution in [-0.4, -0.2) is 0 Å². The van der Waals surface area contributed by atoms with Crippen LogP contribution in [-0.2, 0) is 24.7 Å². The Labute approximate surface area is 63.6 Å². The minimum absolute atomic E-state index is 0. The monoisotopic (exact) mass is 172 g/mol. The predicted octanol–water partition coefficient (Wildman–Crippen LogP) is 2.18. The molecule has 0 fully saturated rings. The molecule has 1 aliphatic rings. The van der Waals surface area contributed by atoms with Crippen LogP contribution in [0.1, 0.15) is 10.7 Å². The average Bonchev–Trinajstić information content (AvgIpc) is 2.14. The van der Waals surface area contributed by atoms with Gasteiger partial charge in [0.25, 0.3) is 0 Å². The fourth-order valence-corrected chi connectivity index (χ4v) is 1.27. The van der Waals surface area contributed by atoms with Gasteiger partial charge < -0.3 is 4.28 Å². The zero-order chi connectivity index (χ0) is 5.11. The third kappa shape index (κ3) is 1.38. The molecule has 7 heavy (non-hydrogen) atoms. The van der Waals surface area contributed by atoms with E-state index < -0.39 is 0 Å². The van der Waals surface area contributed by atoms with Crippen LogP contribution in [0.3, 0.4) is 0 Å². The topological polar surface area (TPSA) is 0 Å². The maximum absolute atomic E-state index is 2.22. The normalized spacial score (nSPS) is 17.7. The van der Waals surface area contributed by atoms with E-state index in [1.807, 2.05) is 0 Å². The fraction of sp³-hybridized carbons (Fsp3) is 0.333. The first-order chi connectivity index (χ1) is 3.43. The first kappa shape index (κ1) is 5.50. The molecule has 0 nitrogen and oxygen atoms in total. The van der Waals surface area contributed by atoms with E-state index in [1.54, 1.807) is 30.3 Å². The van der Waals surface area contributed by atoms with Crippen molar-refractivity contribution in [1.82, 2.24) is 0 Å². The van der Waals surface area contributed by atoms with Crippen molar-refractivity contribution in [2.45, 2.75) is 10.5 Å². The Morgan fingerprint density at radius 3 is 3.00 bits per heavy atom. The molecule has 38 valence electrons. The second-order valence-corrected chi connectivity index (χ2v) is 2.50. The third-order valence-corrected chi connectivity index (χ3v) is 2.19. The van der Waals surface area contributed by atoms with Gasteiger partial charge in [0.1, 0.15) is 0 Å². The van der Waals surface area contributed by atoms with Crippen molar-refractivity contribution in [3.8, 4) is 0 Å². The molecule has 0 aliphatic heterocycles. The van der Waals surface area contributed by atoms with Gasteiger partial charge in [-0.2, -0.15) is 0 Å². The van der Waals surface area contributed by atoms with Crippen molar-refractivity contribution in [3.63, 3.8) is 0 Å². The number of rotatable bonds is 1. The molecule has 1 rings (SSSR count). The molecule has 0 radical (unpaired) electrons. The van der Waals surface area contributed by atoms with Gasteiger partial charge in [-0.3, -0.25) is 0 Å². The fourth-order valence-electron chi connectivity index (χ4n) is 0.623. The average molecular weight is 173 g/mol. The summed E-state index contributed by atoms with van der Waals surface area (Å²) in [7, 11) is 0. The Morgan fingerprint density at radius 2 is 2.71 bits per heavy atom. The minimum atomic E-state index is 0. The van der Waals surface area contributed by atoms with Crippen molar-refractivity contribution in [3.05, 3.63) is 23.8 Å². The van der Waals surface area contributed by atoms with Gasteiger partial charge in [0.2, 0.25) is 0 Å². The Bertz CT molecular complexity index is 120. The van der Waals surface area contributed by atoms with Gasteiger partial charge in [-0.1, -0.05) is 0 Å². The van der Waals surface area contributed by atoms with Gasteiger partial charge in [-0.05, 0) is 0 Å². The molecule has 1 aliphatic carbocycles. The van der Waals surface area contributed by atoms with E-state index in [0.29, 0.717) is 0 Å². The molecule has 0 bridgehead atoms. The first-order valence-electron chi connectivity index (χ1n) is 2.42. The zero-order valence-electron chi connectivity index (χ0n) is 7.15. The molecular formula is C6H10Zr. The molecule has 0 saturated carbocycles. The molecule has 0 unspecified atom stereocenters. The summed E-state index contributed by atoms with van der Waals surface area (Å²) in [6.45, 7) is 0. The van der Waals surface area contributed by atoms with Crippen molar-refractivity contribution in [1.29, 1.82) is 0 Å².